The molecule has 0 radical (unpaired) electrons. The zero-order chi connectivity index (χ0) is 24.7. The van der Waals surface area contributed by atoms with Gasteiger partial charge in [0.2, 0.25) is 0 Å². The lowest BCUT2D eigenvalue weighted by Gasteiger charge is -2.33. The van der Waals surface area contributed by atoms with Crippen molar-refractivity contribution in [3.8, 4) is 11.1 Å². The molecule has 1 aliphatic heterocycles. The molecule has 1 atom stereocenters. The molecule has 34 heavy (non-hydrogen) atoms. The number of nitrogens with one attached hydrogen (secondary N) is 1. The summed E-state index contributed by atoms with van der Waals surface area (Å²) in [7, 11) is 0. The first-order valence-corrected chi connectivity index (χ1v) is 10.2. The fraction of sp³-hybridized carbons (Fsp3) is 0.333. The number of pyridine rings is 1. The summed E-state index contributed by atoms with van der Waals surface area (Å²) in [5.74, 6) is -1.57. The number of nitrogens with two attached hydrogens (primary N) is 1. The maximum atomic E-state index is 14.9. The number of aliphatic hydroxyl groups excluding tert-OH is 2. The first-order chi connectivity index (χ1) is 16.3. The highest BCUT2D eigenvalue weighted by Gasteiger charge is 2.27. The Labute approximate surface area is 193 Å². The molecule has 2 heterocycles. The van der Waals surface area contributed by atoms with Crippen LogP contribution in [0.4, 0.5) is 19.4 Å². The third-order valence-corrected chi connectivity index (χ3v) is 4.86. The number of carbonyl (C=O) groups is 1. The van der Waals surface area contributed by atoms with Gasteiger partial charge in [0.25, 0.3) is 0 Å². The number of hydrogen-bond donors (Lipinski definition) is 5. The molecule has 1 amide bonds. The van der Waals surface area contributed by atoms with Crippen molar-refractivity contribution in [2.45, 2.75) is 19.1 Å². The third-order valence-electron chi connectivity index (χ3n) is 4.86. The van der Waals surface area contributed by atoms with Crippen molar-refractivity contribution in [3.05, 3.63) is 47.7 Å². The van der Waals surface area contributed by atoms with Crippen LogP contribution in [0.25, 0.3) is 11.1 Å². The summed E-state index contributed by atoms with van der Waals surface area (Å²) in [5.41, 5.74) is 6.55. The van der Waals surface area contributed by atoms with Crippen LogP contribution in [-0.2, 0) is 11.4 Å². The Morgan fingerprint density at radius 2 is 2.12 bits per heavy atom. The van der Waals surface area contributed by atoms with Gasteiger partial charge < -0.3 is 30.8 Å². The molecule has 1 unspecified atom stereocenters. The molecule has 1 saturated heterocycles. The normalized spacial score (nSPS) is 14.4. The molecule has 0 saturated carbocycles. The van der Waals surface area contributed by atoms with Crippen LogP contribution in [0, 0.1) is 11.6 Å². The minimum absolute atomic E-state index is 0.0899. The lowest BCUT2D eigenvalue weighted by Crippen LogP contribution is -2.48. The average Bonchev–Trinajstić information content (AvgIpc) is 2.77. The van der Waals surface area contributed by atoms with Crippen LogP contribution >= 0.6 is 0 Å². The number of guanidine groups is 1. The van der Waals surface area contributed by atoms with E-state index in [1.807, 2.05) is 5.32 Å². The summed E-state index contributed by atoms with van der Waals surface area (Å²) in [6, 6.07) is 5.67. The first-order valence-electron chi connectivity index (χ1n) is 10.2. The number of amides is 1. The summed E-state index contributed by atoms with van der Waals surface area (Å²) in [4.78, 5) is 25.1. The minimum Gasteiger partial charge on any atom is -0.465 e. The number of rotatable bonds is 9. The molecule has 1 fully saturated rings. The molecule has 1 aliphatic rings. The monoisotopic (exact) mass is 478 g/mol. The molecule has 13 heteroatoms. The van der Waals surface area contributed by atoms with Gasteiger partial charge in [-0.3, -0.25) is 5.32 Å². The van der Waals surface area contributed by atoms with E-state index in [2.05, 4.69) is 15.1 Å². The number of benzene rings is 1. The van der Waals surface area contributed by atoms with Gasteiger partial charge in [-0.2, -0.15) is 0 Å². The number of anilines is 1. The number of nitrogens with zero attached hydrogens (tertiary/aromatic N) is 4. The quantitative estimate of drug-likeness (QED) is 0.154. The number of aliphatic imine (C=N–C) groups is 1. The van der Waals surface area contributed by atoms with Crippen LogP contribution in [0.2, 0.25) is 0 Å². The van der Waals surface area contributed by atoms with Crippen LogP contribution in [0.3, 0.4) is 0 Å². The first kappa shape index (κ1) is 24.8. The molecular weight excluding hydrogens is 454 g/mol. The molecule has 6 N–H and O–H groups in total. The van der Waals surface area contributed by atoms with E-state index in [1.54, 1.807) is 11.0 Å². The standard InChI is InChI=1S/C21H24F2N6O5/c22-17-6-13(16-3-1-2-12(18(16)23)7-26-20(24)27-21(32)33)8-25-19(17)29-9-14(10-29)28-34-5-4-15(31)11-30/h1-3,6,8,15,30-31H,4-5,7,9-11H2,(H,32,33)(H3,24,26,27). The lowest BCUT2D eigenvalue weighted by atomic mass is 10.0. The van der Waals surface area contributed by atoms with E-state index in [9.17, 15) is 18.7 Å². The van der Waals surface area contributed by atoms with Crippen molar-refractivity contribution in [3.63, 3.8) is 0 Å². The minimum atomic E-state index is -1.39. The Morgan fingerprint density at radius 3 is 2.79 bits per heavy atom. The third kappa shape index (κ3) is 6.36. The van der Waals surface area contributed by atoms with Crippen LogP contribution in [0.5, 0.6) is 0 Å². The van der Waals surface area contributed by atoms with Crippen LogP contribution in [-0.4, -0.2) is 70.5 Å². The van der Waals surface area contributed by atoms with Gasteiger partial charge in [0, 0.05) is 29.3 Å². The molecule has 1 aromatic heterocycles. The molecular formula is C21H24F2N6O5. The number of halogens is 2. The number of carboxylic acid groups (broad SMARTS) is 1. The second kappa shape index (κ2) is 11.3. The van der Waals surface area contributed by atoms with E-state index in [-0.39, 0.29) is 54.6 Å². The second-order valence-corrected chi connectivity index (χ2v) is 7.41. The van der Waals surface area contributed by atoms with Crippen molar-refractivity contribution < 1.29 is 33.7 Å². The fourth-order valence-electron chi connectivity index (χ4n) is 3.07. The highest BCUT2D eigenvalue weighted by molar-refractivity contribution is 5.99. The van der Waals surface area contributed by atoms with Crippen LogP contribution < -0.4 is 16.0 Å². The molecule has 182 valence electrons. The van der Waals surface area contributed by atoms with Gasteiger partial charge >= 0.3 is 6.09 Å². The second-order valence-electron chi connectivity index (χ2n) is 7.41. The van der Waals surface area contributed by atoms with Crippen molar-refractivity contribution in [1.29, 1.82) is 0 Å². The highest BCUT2D eigenvalue weighted by atomic mass is 19.1. The van der Waals surface area contributed by atoms with E-state index in [0.29, 0.717) is 18.8 Å². The molecule has 3 rings (SSSR count). The van der Waals surface area contributed by atoms with E-state index >= 15 is 0 Å². The number of aliphatic hydroxyl groups is 2. The van der Waals surface area contributed by atoms with Gasteiger partial charge in [-0.05, 0) is 6.07 Å². The summed E-state index contributed by atoms with van der Waals surface area (Å²) in [6.45, 7) is 0.191. The molecule has 2 aromatic rings. The summed E-state index contributed by atoms with van der Waals surface area (Å²) < 4.78 is 29.7. The molecule has 0 bridgehead atoms. The summed E-state index contributed by atoms with van der Waals surface area (Å²) >= 11 is 0. The maximum Gasteiger partial charge on any atom is 0.411 e. The Kier molecular flexibility index (Phi) is 8.27. The molecule has 1 aromatic carbocycles. The Bertz CT molecular complexity index is 1090. The predicted molar refractivity (Wildman–Crippen MR) is 119 cm³/mol. The zero-order valence-electron chi connectivity index (χ0n) is 18.0. The molecule has 0 spiro atoms. The van der Waals surface area contributed by atoms with E-state index in [1.165, 1.54) is 24.4 Å². The van der Waals surface area contributed by atoms with E-state index in [4.69, 9.17) is 20.8 Å². The van der Waals surface area contributed by atoms with Crippen molar-refractivity contribution in [2.24, 2.45) is 15.9 Å². The van der Waals surface area contributed by atoms with E-state index < -0.39 is 23.8 Å². The van der Waals surface area contributed by atoms with E-state index in [0.717, 1.165) is 0 Å². The van der Waals surface area contributed by atoms with Gasteiger partial charge in [0.15, 0.2) is 17.6 Å². The SMILES string of the molecule is NC(=NCc1cccc(-c2cnc(N3CC(=NOCCC(O)CO)C3)c(F)c2)c1F)NC(=O)O. The van der Waals surface area contributed by atoms with Crippen molar-refractivity contribution in [2.75, 3.05) is 31.2 Å². The van der Waals surface area contributed by atoms with Gasteiger partial charge in [-0.25, -0.2) is 23.6 Å². The Balaban J connectivity index is 1.64. The predicted octanol–water partition coefficient (Wildman–Crippen LogP) is 1.05. The largest absolute Gasteiger partial charge is 0.465 e. The highest BCUT2D eigenvalue weighted by Crippen LogP contribution is 2.29. The number of hydrogen-bond acceptors (Lipinski definition) is 8. The summed E-state index contributed by atoms with van der Waals surface area (Å²) in [6.07, 6.45) is -0.652. The zero-order valence-corrected chi connectivity index (χ0v) is 18.0. The van der Waals surface area contributed by atoms with Crippen molar-refractivity contribution >= 4 is 23.6 Å². The molecule has 11 nitrogen and oxygen atoms in total. The Morgan fingerprint density at radius 1 is 1.35 bits per heavy atom. The number of oxime groups is 1. The van der Waals surface area contributed by atoms with Gasteiger partial charge in [0.05, 0.1) is 38.1 Å². The van der Waals surface area contributed by atoms with Crippen LogP contribution in [0.1, 0.15) is 12.0 Å². The smallest absolute Gasteiger partial charge is 0.411 e. The fourth-order valence-corrected chi connectivity index (χ4v) is 3.07. The van der Waals surface area contributed by atoms with Gasteiger partial charge in [-0.15, -0.1) is 0 Å². The van der Waals surface area contributed by atoms with Crippen molar-refractivity contribution in [1.82, 2.24) is 10.3 Å². The lowest BCUT2D eigenvalue weighted by molar-refractivity contribution is 0.0501. The van der Waals surface area contributed by atoms with Gasteiger partial charge in [-0.1, -0.05) is 23.4 Å². The number of aromatic nitrogens is 1. The van der Waals surface area contributed by atoms with Gasteiger partial charge in [0.1, 0.15) is 12.4 Å². The average molecular weight is 478 g/mol. The topological polar surface area (TPSA) is 166 Å². The maximum absolute atomic E-state index is 14.9. The summed E-state index contributed by atoms with van der Waals surface area (Å²) in [5, 5.41) is 32.3. The van der Waals surface area contributed by atoms with Crippen LogP contribution in [0.15, 0.2) is 40.6 Å². The molecule has 0 aliphatic carbocycles. The Hall–Kier alpha value is -3.84.